The fourth-order valence-corrected chi connectivity index (χ4v) is 2.61. The highest BCUT2D eigenvalue weighted by atomic mass is 14.2. The van der Waals surface area contributed by atoms with Gasteiger partial charge in [-0.3, -0.25) is 0 Å². The zero-order valence-corrected chi connectivity index (χ0v) is 11.4. The van der Waals surface area contributed by atoms with Crippen molar-refractivity contribution < 1.29 is 0 Å². The molecule has 0 saturated heterocycles. The summed E-state index contributed by atoms with van der Waals surface area (Å²) in [5, 5.41) is 0. The third-order valence-electron chi connectivity index (χ3n) is 3.74. The molecule has 0 amide bonds. The molecular weight excluding hydrogens is 216 g/mol. The lowest BCUT2D eigenvalue weighted by atomic mass is 9.82. The van der Waals surface area contributed by atoms with Crippen LogP contribution in [-0.4, -0.2) is 0 Å². The largest absolute Gasteiger partial charge is 0.0946 e. The van der Waals surface area contributed by atoms with E-state index < -0.39 is 0 Å². The molecule has 0 heteroatoms. The van der Waals surface area contributed by atoms with Crippen molar-refractivity contribution >= 4 is 5.57 Å². The van der Waals surface area contributed by atoms with Crippen molar-refractivity contribution in [2.24, 2.45) is 5.92 Å². The highest BCUT2D eigenvalue weighted by molar-refractivity contribution is 5.68. The van der Waals surface area contributed by atoms with Crippen LogP contribution in [0.1, 0.15) is 37.3 Å². The number of aryl methyl sites for hydroxylation is 1. The Morgan fingerprint density at radius 2 is 2.00 bits per heavy atom. The summed E-state index contributed by atoms with van der Waals surface area (Å²) in [6.45, 7) is 8.71. The van der Waals surface area contributed by atoms with Crippen LogP contribution in [0.4, 0.5) is 0 Å². The second-order valence-electron chi connectivity index (χ2n) is 5.06. The minimum absolute atomic E-state index is 0.498. The number of rotatable bonds is 4. The van der Waals surface area contributed by atoms with Crippen molar-refractivity contribution in [3.63, 3.8) is 0 Å². The second kappa shape index (κ2) is 5.86. The van der Waals surface area contributed by atoms with Gasteiger partial charge in [-0.15, -0.1) is 0 Å². The molecule has 0 aliphatic heterocycles. The maximum absolute atomic E-state index is 4.34. The van der Waals surface area contributed by atoms with Crippen LogP contribution in [0.3, 0.4) is 0 Å². The average molecular weight is 238 g/mol. The van der Waals surface area contributed by atoms with E-state index in [9.17, 15) is 0 Å². The van der Waals surface area contributed by atoms with Crippen molar-refractivity contribution in [1.82, 2.24) is 0 Å². The normalized spacial score (nSPS) is 16.2. The van der Waals surface area contributed by atoms with E-state index in [1.807, 2.05) is 0 Å². The van der Waals surface area contributed by atoms with Crippen LogP contribution in [0, 0.1) is 12.8 Å². The molecular formula is C18H22. The molecule has 2 rings (SSSR count). The van der Waals surface area contributed by atoms with Crippen molar-refractivity contribution in [2.75, 3.05) is 0 Å². The number of benzene rings is 1. The molecule has 0 aromatic heterocycles. The quantitative estimate of drug-likeness (QED) is 0.666. The first-order valence-corrected chi connectivity index (χ1v) is 6.83. The Balaban J connectivity index is 2.22. The lowest BCUT2D eigenvalue weighted by molar-refractivity contribution is 0.699. The minimum Gasteiger partial charge on any atom is -0.0946 e. The highest BCUT2D eigenvalue weighted by Crippen LogP contribution is 2.34. The van der Waals surface area contributed by atoms with E-state index in [0.717, 1.165) is 6.42 Å². The molecule has 0 heterocycles. The lowest BCUT2D eigenvalue weighted by Gasteiger charge is -2.23. The van der Waals surface area contributed by atoms with Gasteiger partial charge in [0.1, 0.15) is 0 Å². The van der Waals surface area contributed by atoms with Crippen LogP contribution < -0.4 is 0 Å². The first kappa shape index (κ1) is 12.9. The molecule has 0 nitrogen and oxygen atoms in total. The Kier molecular flexibility index (Phi) is 4.19. The van der Waals surface area contributed by atoms with Crippen molar-refractivity contribution in [2.45, 2.75) is 33.1 Å². The van der Waals surface area contributed by atoms with E-state index in [4.69, 9.17) is 0 Å². The second-order valence-corrected chi connectivity index (χ2v) is 5.06. The Labute approximate surface area is 111 Å². The van der Waals surface area contributed by atoms with E-state index in [-0.39, 0.29) is 0 Å². The van der Waals surface area contributed by atoms with Gasteiger partial charge < -0.3 is 0 Å². The topological polar surface area (TPSA) is 0 Å². The molecule has 94 valence electrons. The standard InChI is InChI=1S/C18H22/c1-4-18(17-8-6-5-7-9-17)15(3)16-12-10-14(2)11-13-16/h5-6,8,10-13,18H,3-4,7,9H2,1-2H3. The smallest absolute Gasteiger partial charge is 0.00488 e. The zero-order chi connectivity index (χ0) is 13.0. The van der Waals surface area contributed by atoms with Gasteiger partial charge in [0.2, 0.25) is 0 Å². The fourth-order valence-electron chi connectivity index (χ4n) is 2.61. The predicted molar refractivity (Wildman–Crippen MR) is 80.5 cm³/mol. The molecule has 1 aromatic rings. The van der Waals surface area contributed by atoms with E-state index in [1.54, 1.807) is 0 Å². The van der Waals surface area contributed by atoms with Gasteiger partial charge in [-0.1, -0.05) is 67.1 Å². The summed E-state index contributed by atoms with van der Waals surface area (Å²) in [5.74, 6) is 0.498. The summed E-state index contributed by atoms with van der Waals surface area (Å²) in [7, 11) is 0. The summed E-state index contributed by atoms with van der Waals surface area (Å²) in [4.78, 5) is 0. The third-order valence-corrected chi connectivity index (χ3v) is 3.74. The molecule has 1 unspecified atom stereocenters. The maximum atomic E-state index is 4.34. The molecule has 1 atom stereocenters. The molecule has 0 fully saturated rings. The van der Waals surface area contributed by atoms with Crippen LogP contribution in [0.25, 0.3) is 5.57 Å². The molecule has 0 saturated carbocycles. The minimum atomic E-state index is 0.498. The van der Waals surface area contributed by atoms with Gasteiger partial charge in [-0.25, -0.2) is 0 Å². The number of hydrogen-bond acceptors (Lipinski definition) is 0. The van der Waals surface area contributed by atoms with Gasteiger partial charge in [0.15, 0.2) is 0 Å². The van der Waals surface area contributed by atoms with E-state index in [2.05, 4.69) is 62.9 Å². The van der Waals surface area contributed by atoms with Gasteiger partial charge >= 0.3 is 0 Å². The van der Waals surface area contributed by atoms with Crippen molar-refractivity contribution in [3.8, 4) is 0 Å². The van der Waals surface area contributed by atoms with Crippen LogP contribution in [0.2, 0.25) is 0 Å². The zero-order valence-electron chi connectivity index (χ0n) is 11.4. The molecule has 18 heavy (non-hydrogen) atoms. The molecule has 1 aliphatic carbocycles. The molecule has 0 spiro atoms. The Hall–Kier alpha value is -1.56. The highest BCUT2D eigenvalue weighted by Gasteiger charge is 2.17. The van der Waals surface area contributed by atoms with Gasteiger partial charge in [-0.05, 0) is 37.3 Å². The average Bonchev–Trinajstić information content (AvgIpc) is 2.41. The maximum Gasteiger partial charge on any atom is 0.00488 e. The SMILES string of the molecule is C=C(c1ccc(C)cc1)C(CC)C1=CC=CCC1. The number of hydrogen-bond donors (Lipinski definition) is 0. The van der Waals surface area contributed by atoms with Crippen LogP contribution >= 0.6 is 0 Å². The summed E-state index contributed by atoms with van der Waals surface area (Å²) >= 11 is 0. The monoisotopic (exact) mass is 238 g/mol. The lowest BCUT2D eigenvalue weighted by Crippen LogP contribution is -2.07. The Morgan fingerprint density at radius 3 is 2.56 bits per heavy atom. The fraction of sp³-hybridized carbons (Fsp3) is 0.333. The predicted octanol–water partition coefficient (Wildman–Crippen LogP) is 5.31. The van der Waals surface area contributed by atoms with E-state index >= 15 is 0 Å². The van der Waals surface area contributed by atoms with Gasteiger partial charge in [0.25, 0.3) is 0 Å². The molecule has 1 aromatic carbocycles. The van der Waals surface area contributed by atoms with E-state index in [1.165, 1.54) is 35.1 Å². The summed E-state index contributed by atoms with van der Waals surface area (Å²) in [6, 6.07) is 8.73. The van der Waals surface area contributed by atoms with Crippen LogP contribution in [0.15, 0.2) is 54.6 Å². The van der Waals surface area contributed by atoms with Crippen LogP contribution in [-0.2, 0) is 0 Å². The summed E-state index contributed by atoms with van der Waals surface area (Å²) < 4.78 is 0. The van der Waals surface area contributed by atoms with Gasteiger partial charge in [-0.2, -0.15) is 0 Å². The molecule has 0 N–H and O–H groups in total. The van der Waals surface area contributed by atoms with Gasteiger partial charge in [0, 0.05) is 5.92 Å². The van der Waals surface area contributed by atoms with E-state index in [0.29, 0.717) is 5.92 Å². The Bertz CT molecular complexity index is 471. The summed E-state index contributed by atoms with van der Waals surface area (Å²) in [6.07, 6.45) is 10.2. The third kappa shape index (κ3) is 2.81. The Morgan fingerprint density at radius 1 is 1.28 bits per heavy atom. The van der Waals surface area contributed by atoms with Gasteiger partial charge in [0.05, 0.1) is 0 Å². The molecule has 0 bridgehead atoms. The number of allylic oxidation sites excluding steroid dienone is 5. The van der Waals surface area contributed by atoms with Crippen LogP contribution in [0.5, 0.6) is 0 Å². The molecule has 1 aliphatic rings. The van der Waals surface area contributed by atoms with Crippen molar-refractivity contribution in [1.29, 1.82) is 0 Å². The van der Waals surface area contributed by atoms with Crippen molar-refractivity contribution in [3.05, 3.63) is 65.8 Å². The first-order chi connectivity index (χ1) is 8.72. The first-order valence-electron chi connectivity index (χ1n) is 6.83. The molecule has 0 radical (unpaired) electrons. The summed E-state index contributed by atoms with van der Waals surface area (Å²) in [5.41, 5.74) is 5.38.